The van der Waals surface area contributed by atoms with E-state index in [1.807, 2.05) is 27.2 Å². The van der Waals surface area contributed by atoms with Gasteiger partial charge in [-0.15, -0.1) is 13.2 Å². The minimum Gasteiger partial charge on any atom is -0.406 e. The fraction of sp³-hybridized carbons (Fsp3) is 0.562. The topological polar surface area (TPSA) is 68.1 Å². The first-order chi connectivity index (χ1) is 20.4. The van der Waals surface area contributed by atoms with Crippen LogP contribution in [-0.4, -0.2) is 91.7 Å². The van der Waals surface area contributed by atoms with Crippen molar-refractivity contribution < 1.29 is 22.6 Å². The SMILES string of the molecule is CCCCCOC1C=C(N2C[C@@H](CN(C)C)N(C(C)c3ccc(OC(F)(F)F)cc3)C[C@@H]2C)c2nc(C#N)ccc2N1C. The first-order valence-electron chi connectivity index (χ1n) is 14.9. The number of fused-ring (bicyclic) bond motifs is 1. The first-order valence-corrected chi connectivity index (χ1v) is 14.9. The molecule has 1 saturated heterocycles. The van der Waals surface area contributed by atoms with Crippen molar-refractivity contribution >= 4 is 11.4 Å². The van der Waals surface area contributed by atoms with E-state index in [0.29, 0.717) is 18.8 Å². The number of aromatic nitrogens is 1. The molecule has 4 atom stereocenters. The van der Waals surface area contributed by atoms with E-state index in [9.17, 15) is 18.4 Å². The molecular formula is C32H43F3N6O2. The lowest BCUT2D eigenvalue weighted by Gasteiger charge is -2.51. The van der Waals surface area contributed by atoms with Crippen molar-refractivity contribution in [2.24, 2.45) is 0 Å². The van der Waals surface area contributed by atoms with E-state index in [-0.39, 0.29) is 30.1 Å². The molecule has 1 fully saturated rings. The number of hydrogen-bond acceptors (Lipinski definition) is 8. The van der Waals surface area contributed by atoms with Gasteiger partial charge in [-0.1, -0.05) is 31.9 Å². The van der Waals surface area contributed by atoms with E-state index in [1.54, 1.807) is 18.2 Å². The molecule has 2 aliphatic heterocycles. The highest BCUT2D eigenvalue weighted by Crippen LogP contribution is 2.38. The van der Waals surface area contributed by atoms with Crippen LogP contribution in [0.1, 0.15) is 63.0 Å². The largest absolute Gasteiger partial charge is 0.573 e. The first kappa shape index (κ1) is 32.6. The zero-order chi connectivity index (χ0) is 31.3. The van der Waals surface area contributed by atoms with Crippen molar-refractivity contribution in [3.05, 3.63) is 59.4 Å². The fourth-order valence-electron chi connectivity index (χ4n) is 6.00. The molecule has 2 aromatic rings. The molecule has 2 aliphatic rings. The number of rotatable bonds is 11. The minimum atomic E-state index is -4.72. The number of alkyl halides is 3. The van der Waals surface area contributed by atoms with E-state index in [1.165, 1.54) is 12.1 Å². The normalized spacial score (nSPS) is 21.8. The van der Waals surface area contributed by atoms with Crippen LogP contribution in [0.15, 0.2) is 42.5 Å². The van der Waals surface area contributed by atoms with E-state index >= 15 is 0 Å². The van der Waals surface area contributed by atoms with Crippen molar-refractivity contribution in [3.8, 4) is 11.8 Å². The molecule has 234 valence electrons. The quantitative estimate of drug-likeness (QED) is 0.297. The highest BCUT2D eigenvalue weighted by atomic mass is 19.4. The molecule has 43 heavy (non-hydrogen) atoms. The molecule has 0 radical (unpaired) electrons. The van der Waals surface area contributed by atoms with Crippen molar-refractivity contribution in [2.45, 2.75) is 70.7 Å². The van der Waals surface area contributed by atoms with Crippen molar-refractivity contribution in [1.82, 2.24) is 19.7 Å². The molecule has 0 spiro atoms. The second-order valence-electron chi connectivity index (χ2n) is 11.7. The maximum absolute atomic E-state index is 12.7. The summed E-state index contributed by atoms with van der Waals surface area (Å²) < 4.78 is 48.5. The number of pyridine rings is 1. The Balaban J connectivity index is 1.63. The van der Waals surface area contributed by atoms with Crippen LogP contribution in [0.4, 0.5) is 18.9 Å². The van der Waals surface area contributed by atoms with Gasteiger partial charge in [-0.25, -0.2) is 4.98 Å². The zero-order valence-corrected chi connectivity index (χ0v) is 25.9. The monoisotopic (exact) mass is 600 g/mol. The molecule has 1 aromatic carbocycles. The predicted octanol–water partition coefficient (Wildman–Crippen LogP) is 5.87. The van der Waals surface area contributed by atoms with Gasteiger partial charge in [0.15, 0.2) is 6.23 Å². The van der Waals surface area contributed by atoms with Gasteiger partial charge in [0, 0.05) is 51.4 Å². The summed E-state index contributed by atoms with van der Waals surface area (Å²) >= 11 is 0. The van der Waals surface area contributed by atoms with E-state index in [0.717, 1.165) is 55.0 Å². The Morgan fingerprint density at radius 2 is 1.84 bits per heavy atom. The number of hydrogen-bond donors (Lipinski definition) is 0. The standard InChI is InChI=1S/C32H43F3N6O2/c1-7-8-9-16-42-30-17-29(31-28(39(30)6)15-12-25(18-36)37-31)40-21-26(20-38(4)5)41(19-22(40)2)23(3)24-10-13-27(14-11-24)43-32(33,34)35/h10-15,17,22-23,26,30H,7-9,16,19-21H2,1-6H3/t22-,23?,26+,30?/m0/s1. The van der Waals surface area contributed by atoms with Crippen molar-refractivity contribution in [2.75, 3.05) is 52.3 Å². The third-order valence-corrected chi connectivity index (χ3v) is 8.19. The second kappa shape index (κ2) is 14.0. The average Bonchev–Trinajstić information content (AvgIpc) is 2.96. The maximum Gasteiger partial charge on any atom is 0.573 e. The van der Waals surface area contributed by atoms with Gasteiger partial charge in [0.05, 0.1) is 11.4 Å². The average molecular weight is 601 g/mol. The summed E-state index contributed by atoms with van der Waals surface area (Å²) in [7, 11) is 6.08. The highest BCUT2D eigenvalue weighted by Gasteiger charge is 2.39. The van der Waals surface area contributed by atoms with Crippen LogP contribution in [0.3, 0.4) is 0 Å². The summed E-state index contributed by atoms with van der Waals surface area (Å²) in [6, 6.07) is 12.2. The predicted molar refractivity (Wildman–Crippen MR) is 161 cm³/mol. The number of nitriles is 1. The Hall–Kier alpha value is -3.33. The molecule has 8 nitrogen and oxygen atoms in total. The summed E-state index contributed by atoms with van der Waals surface area (Å²) in [5.74, 6) is -0.227. The smallest absolute Gasteiger partial charge is 0.406 e. The van der Waals surface area contributed by atoms with Gasteiger partial charge in [0.2, 0.25) is 0 Å². The van der Waals surface area contributed by atoms with E-state index < -0.39 is 6.36 Å². The highest BCUT2D eigenvalue weighted by molar-refractivity contribution is 5.77. The molecule has 3 heterocycles. The van der Waals surface area contributed by atoms with Gasteiger partial charge in [0.1, 0.15) is 23.2 Å². The van der Waals surface area contributed by atoms with Crippen LogP contribution in [0.25, 0.3) is 5.70 Å². The number of ether oxygens (including phenoxy) is 2. The number of anilines is 1. The van der Waals surface area contributed by atoms with Crippen LogP contribution >= 0.6 is 0 Å². The van der Waals surface area contributed by atoms with E-state index in [4.69, 9.17) is 9.72 Å². The third kappa shape index (κ3) is 7.99. The Bertz CT molecular complexity index is 1290. The van der Waals surface area contributed by atoms with Crippen LogP contribution < -0.4 is 9.64 Å². The van der Waals surface area contributed by atoms with Crippen LogP contribution in [0.5, 0.6) is 5.75 Å². The van der Waals surface area contributed by atoms with Gasteiger partial charge in [0.25, 0.3) is 0 Å². The lowest BCUT2D eigenvalue weighted by molar-refractivity contribution is -0.274. The number of unbranched alkanes of at least 4 members (excludes halogenated alkanes) is 2. The molecule has 0 saturated carbocycles. The molecular weight excluding hydrogens is 557 g/mol. The van der Waals surface area contributed by atoms with Crippen molar-refractivity contribution in [3.63, 3.8) is 0 Å². The molecule has 0 aliphatic carbocycles. The van der Waals surface area contributed by atoms with Crippen LogP contribution in [0.2, 0.25) is 0 Å². The number of piperazine rings is 1. The molecule has 0 bridgehead atoms. The Labute approximate surface area is 253 Å². The van der Waals surface area contributed by atoms with Gasteiger partial charge < -0.3 is 24.2 Å². The number of benzene rings is 1. The summed E-state index contributed by atoms with van der Waals surface area (Å²) in [5, 5.41) is 9.63. The Morgan fingerprint density at radius 3 is 2.47 bits per heavy atom. The van der Waals surface area contributed by atoms with Crippen molar-refractivity contribution in [1.29, 1.82) is 5.26 Å². The molecule has 0 N–H and O–H groups in total. The minimum absolute atomic E-state index is 0.0359. The van der Waals surface area contributed by atoms with Gasteiger partial charge in [-0.2, -0.15) is 5.26 Å². The number of nitrogens with zero attached hydrogens (tertiary/aromatic N) is 6. The lowest BCUT2D eigenvalue weighted by Crippen LogP contribution is -2.60. The number of halogens is 3. The molecule has 0 amide bonds. The molecule has 1 aromatic heterocycles. The van der Waals surface area contributed by atoms with Gasteiger partial charge in [-0.3, -0.25) is 4.90 Å². The van der Waals surface area contributed by atoms with Crippen LogP contribution in [0, 0.1) is 11.3 Å². The fourth-order valence-corrected chi connectivity index (χ4v) is 6.00. The van der Waals surface area contributed by atoms with Gasteiger partial charge >= 0.3 is 6.36 Å². The summed E-state index contributed by atoms with van der Waals surface area (Å²) in [6.07, 6.45) is 0.363. The Kier molecular flexibility index (Phi) is 10.6. The third-order valence-electron chi connectivity index (χ3n) is 8.19. The zero-order valence-electron chi connectivity index (χ0n) is 25.9. The van der Waals surface area contributed by atoms with E-state index in [2.05, 4.69) is 57.3 Å². The molecule has 4 rings (SSSR count). The van der Waals surface area contributed by atoms with Crippen LogP contribution in [-0.2, 0) is 4.74 Å². The summed E-state index contributed by atoms with van der Waals surface area (Å²) in [6.45, 7) is 9.31. The molecule has 11 heteroatoms. The second-order valence-corrected chi connectivity index (χ2v) is 11.7. The van der Waals surface area contributed by atoms with Gasteiger partial charge in [-0.05, 0) is 70.3 Å². The summed E-state index contributed by atoms with van der Waals surface area (Å²) in [5.41, 5.74) is 3.94. The maximum atomic E-state index is 12.7. The Morgan fingerprint density at radius 1 is 1.12 bits per heavy atom. The lowest BCUT2D eigenvalue weighted by atomic mass is 9.97. The molecule has 2 unspecified atom stereocenters. The number of likely N-dealkylation sites (N-methyl/N-ethyl adjacent to an activating group) is 2. The summed E-state index contributed by atoms with van der Waals surface area (Å²) in [4.78, 5) is 13.8.